The van der Waals surface area contributed by atoms with Crippen LogP contribution in [0.2, 0.25) is 0 Å². The van der Waals surface area contributed by atoms with E-state index in [4.69, 9.17) is 0 Å². The number of nitrogens with one attached hydrogen (secondary N) is 1. The van der Waals surface area contributed by atoms with Crippen LogP contribution in [0.15, 0.2) is 35.3 Å². The summed E-state index contributed by atoms with van der Waals surface area (Å²) in [6, 6.07) is 5.14. The fourth-order valence-electron chi connectivity index (χ4n) is 3.07. The van der Waals surface area contributed by atoms with E-state index in [0.29, 0.717) is 5.69 Å². The molecule has 2 aromatic carbocycles. The Labute approximate surface area is 171 Å². The van der Waals surface area contributed by atoms with Gasteiger partial charge in [-0.15, -0.1) is 11.3 Å². The molecule has 0 aliphatic rings. The van der Waals surface area contributed by atoms with Crippen LogP contribution in [0.5, 0.6) is 0 Å². The number of thiazole rings is 1. The first-order chi connectivity index (χ1) is 14.2. The molecule has 5 nitrogen and oxygen atoms in total. The number of hydrogen-bond donors (Lipinski definition) is 1. The highest BCUT2D eigenvalue weighted by molar-refractivity contribution is 7.18. The van der Waals surface area contributed by atoms with Crippen molar-refractivity contribution in [2.45, 2.75) is 20.4 Å². The summed E-state index contributed by atoms with van der Waals surface area (Å²) in [4.78, 5) is 19.9. The molecule has 0 aliphatic heterocycles. The van der Waals surface area contributed by atoms with Gasteiger partial charge in [-0.3, -0.25) is 4.79 Å². The molecule has 0 fully saturated rings. The number of benzene rings is 2. The van der Waals surface area contributed by atoms with Gasteiger partial charge in [-0.25, -0.2) is 18.2 Å². The summed E-state index contributed by atoms with van der Waals surface area (Å²) < 4.78 is 56.3. The maximum Gasteiger partial charge on any atom is 0.310 e. The normalized spacial score (nSPS) is 11.3. The molecule has 4 aromatic rings. The van der Waals surface area contributed by atoms with Crippen molar-refractivity contribution in [1.29, 1.82) is 0 Å². The minimum Gasteiger partial charge on any atom is -0.325 e. The third-order valence-corrected chi connectivity index (χ3v) is 5.61. The summed E-state index contributed by atoms with van der Waals surface area (Å²) in [6.45, 7) is 3.50. The summed E-state index contributed by atoms with van der Waals surface area (Å²) >= 11 is 1.50. The molecule has 154 valence electrons. The van der Waals surface area contributed by atoms with E-state index >= 15 is 0 Å². The van der Waals surface area contributed by atoms with E-state index in [-0.39, 0.29) is 18.1 Å². The zero-order valence-electron chi connectivity index (χ0n) is 15.8. The highest BCUT2D eigenvalue weighted by Crippen LogP contribution is 2.31. The lowest BCUT2D eigenvalue weighted by molar-refractivity contribution is 0.444. The number of aromatic nitrogens is 3. The molecule has 0 radical (unpaired) electrons. The molecule has 2 aromatic heterocycles. The number of anilines is 2. The third-order valence-electron chi connectivity index (χ3n) is 4.51. The molecule has 0 aliphatic carbocycles. The van der Waals surface area contributed by atoms with Crippen molar-refractivity contribution in [2.24, 2.45) is 0 Å². The minimum absolute atomic E-state index is 0.0320. The first-order valence-electron chi connectivity index (χ1n) is 8.77. The van der Waals surface area contributed by atoms with Crippen molar-refractivity contribution in [3.05, 3.63) is 80.2 Å². The van der Waals surface area contributed by atoms with Crippen molar-refractivity contribution in [2.75, 3.05) is 5.32 Å². The lowest BCUT2D eigenvalue weighted by atomic mass is 10.2. The molecule has 4 rings (SSSR count). The molecule has 1 N–H and O–H groups in total. The van der Waals surface area contributed by atoms with Crippen molar-refractivity contribution >= 4 is 33.2 Å². The van der Waals surface area contributed by atoms with E-state index in [1.165, 1.54) is 15.9 Å². The summed E-state index contributed by atoms with van der Waals surface area (Å²) in [5.41, 5.74) is 1.22. The molecule has 0 saturated carbocycles. The molecule has 10 heteroatoms. The van der Waals surface area contributed by atoms with Gasteiger partial charge in [-0.05, 0) is 49.2 Å². The van der Waals surface area contributed by atoms with Gasteiger partial charge < -0.3 is 9.88 Å². The maximum atomic E-state index is 13.9. The standard InChI is InChI=1S/C20H14F4N4OS/c1-9-15(3-4-16-18(9)30-10(2)25-16)26-20-27-19(29)14(23)8-28(20)7-11-5-12(21)17(24)13(22)6-11/h3-6,8H,7H2,1-2H3,(H,26,27,29). The lowest BCUT2D eigenvalue weighted by Crippen LogP contribution is -2.20. The van der Waals surface area contributed by atoms with Crippen LogP contribution in [-0.4, -0.2) is 14.5 Å². The fourth-order valence-corrected chi connectivity index (χ4v) is 3.99. The largest absolute Gasteiger partial charge is 0.325 e. The number of rotatable bonds is 4. The average Bonchev–Trinajstić information content (AvgIpc) is 3.07. The van der Waals surface area contributed by atoms with Crippen LogP contribution in [-0.2, 0) is 6.54 Å². The van der Waals surface area contributed by atoms with Gasteiger partial charge in [0.2, 0.25) is 11.8 Å². The Bertz CT molecular complexity index is 1330. The van der Waals surface area contributed by atoms with Crippen LogP contribution in [0, 0.1) is 37.1 Å². The highest BCUT2D eigenvalue weighted by Gasteiger charge is 2.15. The molecule has 2 heterocycles. The molecule has 0 bridgehead atoms. The number of hydrogen-bond acceptors (Lipinski definition) is 5. The van der Waals surface area contributed by atoms with Gasteiger partial charge in [-0.2, -0.15) is 9.37 Å². The third kappa shape index (κ3) is 3.65. The number of halogens is 4. The van der Waals surface area contributed by atoms with Crippen LogP contribution in [0.1, 0.15) is 16.1 Å². The zero-order chi connectivity index (χ0) is 21.6. The maximum absolute atomic E-state index is 13.9. The monoisotopic (exact) mass is 434 g/mol. The van der Waals surface area contributed by atoms with Gasteiger partial charge in [0.05, 0.1) is 21.8 Å². The number of fused-ring (bicyclic) bond motifs is 1. The fraction of sp³-hybridized carbons (Fsp3) is 0.150. The predicted molar refractivity (Wildman–Crippen MR) is 106 cm³/mol. The topological polar surface area (TPSA) is 59.8 Å². The smallest absolute Gasteiger partial charge is 0.310 e. The Morgan fingerprint density at radius 1 is 1.03 bits per heavy atom. The summed E-state index contributed by atoms with van der Waals surface area (Å²) in [6.07, 6.45) is 0.877. The Hall–Kier alpha value is -3.27. The van der Waals surface area contributed by atoms with Gasteiger partial charge in [0, 0.05) is 11.9 Å². The molecular formula is C20H14F4N4OS. The van der Waals surface area contributed by atoms with Crippen LogP contribution in [0.25, 0.3) is 10.2 Å². The van der Waals surface area contributed by atoms with Gasteiger partial charge in [0.25, 0.3) is 0 Å². The predicted octanol–water partition coefficient (Wildman–Crippen LogP) is 4.82. The Balaban J connectivity index is 1.76. The van der Waals surface area contributed by atoms with Crippen molar-refractivity contribution in [3.8, 4) is 0 Å². The van der Waals surface area contributed by atoms with Crippen LogP contribution < -0.4 is 10.9 Å². The van der Waals surface area contributed by atoms with Crippen LogP contribution in [0.4, 0.5) is 29.2 Å². The highest BCUT2D eigenvalue weighted by atomic mass is 32.1. The Kier molecular flexibility index (Phi) is 5.02. The van der Waals surface area contributed by atoms with Crippen molar-refractivity contribution in [1.82, 2.24) is 14.5 Å². The van der Waals surface area contributed by atoms with E-state index < -0.39 is 28.8 Å². The molecule has 0 spiro atoms. The van der Waals surface area contributed by atoms with Gasteiger partial charge in [0.1, 0.15) is 0 Å². The first kappa shape index (κ1) is 20.0. The van der Waals surface area contributed by atoms with E-state index in [2.05, 4.69) is 15.3 Å². The minimum atomic E-state index is -1.59. The summed E-state index contributed by atoms with van der Waals surface area (Å²) in [5.74, 6) is -5.49. The Morgan fingerprint density at radius 2 is 1.73 bits per heavy atom. The average molecular weight is 434 g/mol. The molecule has 0 atom stereocenters. The van der Waals surface area contributed by atoms with Gasteiger partial charge in [-0.1, -0.05) is 0 Å². The van der Waals surface area contributed by atoms with Crippen LogP contribution in [0.3, 0.4) is 0 Å². The molecule has 0 amide bonds. The second-order valence-electron chi connectivity index (χ2n) is 6.66. The second-order valence-corrected chi connectivity index (χ2v) is 7.87. The summed E-state index contributed by atoms with van der Waals surface area (Å²) in [7, 11) is 0. The molecular weight excluding hydrogens is 420 g/mol. The van der Waals surface area contributed by atoms with E-state index in [1.54, 1.807) is 12.1 Å². The van der Waals surface area contributed by atoms with Crippen LogP contribution >= 0.6 is 11.3 Å². The molecule has 0 unspecified atom stereocenters. The quantitative estimate of drug-likeness (QED) is 0.370. The summed E-state index contributed by atoms with van der Waals surface area (Å²) in [5, 5.41) is 3.86. The van der Waals surface area contributed by atoms with Crippen molar-refractivity contribution in [3.63, 3.8) is 0 Å². The number of aryl methyl sites for hydroxylation is 2. The van der Waals surface area contributed by atoms with Gasteiger partial charge in [0.15, 0.2) is 17.5 Å². The van der Waals surface area contributed by atoms with Gasteiger partial charge >= 0.3 is 5.56 Å². The zero-order valence-corrected chi connectivity index (χ0v) is 16.6. The van der Waals surface area contributed by atoms with E-state index in [0.717, 1.165) is 39.1 Å². The van der Waals surface area contributed by atoms with E-state index in [1.807, 2.05) is 13.8 Å². The lowest BCUT2D eigenvalue weighted by Gasteiger charge is -2.16. The first-order valence-corrected chi connectivity index (χ1v) is 9.58. The molecule has 0 saturated heterocycles. The Morgan fingerprint density at radius 3 is 2.43 bits per heavy atom. The number of nitrogens with zero attached hydrogens (tertiary/aromatic N) is 3. The molecule has 30 heavy (non-hydrogen) atoms. The SMILES string of the molecule is Cc1nc2ccc(Nc3nc(=O)c(F)cn3Cc3cc(F)c(F)c(F)c3)c(C)c2s1. The van der Waals surface area contributed by atoms with Crippen molar-refractivity contribution < 1.29 is 17.6 Å². The van der Waals surface area contributed by atoms with E-state index in [9.17, 15) is 22.4 Å². The second kappa shape index (κ2) is 7.52.